The Morgan fingerprint density at radius 2 is 2.46 bits per heavy atom. The van der Waals surface area contributed by atoms with Gasteiger partial charge in [-0.1, -0.05) is 0 Å². The molecule has 1 N–H and O–H groups in total. The van der Waals surface area contributed by atoms with Crippen molar-refractivity contribution in [3.05, 3.63) is 24.5 Å². The van der Waals surface area contributed by atoms with Crippen LogP contribution in [-0.4, -0.2) is 23.7 Å². The first-order chi connectivity index (χ1) is 6.25. The number of pyridine rings is 1. The van der Waals surface area contributed by atoms with Crippen LogP contribution in [0.4, 0.5) is 5.69 Å². The first kappa shape index (κ1) is 9.92. The number of nitrogens with zero attached hydrogens (tertiary/aromatic N) is 2. The highest BCUT2D eigenvalue weighted by molar-refractivity contribution is 7.80. The Morgan fingerprint density at radius 3 is 3.00 bits per heavy atom. The lowest BCUT2D eigenvalue weighted by molar-refractivity contribution is 0.955. The molecule has 0 amide bonds. The van der Waals surface area contributed by atoms with Gasteiger partial charge in [0.05, 0.1) is 11.9 Å². The molecule has 0 saturated heterocycles. The van der Waals surface area contributed by atoms with Gasteiger partial charge in [0.25, 0.3) is 0 Å². The zero-order chi connectivity index (χ0) is 9.68. The second-order valence-electron chi connectivity index (χ2n) is 2.61. The fourth-order valence-electron chi connectivity index (χ4n) is 0.939. The van der Waals surface area contributed by atoms with Gasteiger partial charge in [-0.05, 0) is 31.3 Å². The van der Waals surface area contributed by atoms with Crippen LogP contribution >= 0.6 is 12.2 Å². The van der Waals surface area contributed by atoms with Crippen molar-refractivity contribution in [3.63, 3.8) is 0 Å². The Kier molecular flexibility index (Phi) is 3.64. The van der Waals surface area contributed by atoms with E-state index in [2.05, 4.69) is 10.3 Å². The van der Waals surface area contributed by atoms with Gasteiger partial charge in [-0.3, -0.25) is 4.98 Å². The zero-order valence-corrected chi connectivity index (χ0v) is 8.64. The molecule has 0 unspecified atom stereocenters. The first-order valence-corrected chi connectivity index (χ1v) is 4.58. The SMILES string of the molecule is CCNC(=S)N(C)c1cccnc1. The summed E-state index contributed by atoms with van der Waals surface area (Å²) in [5.74, 6) is 0. The van der Waals surface area contributed by atoms with Crippen molar-refractivity contribution in [3.8, 4) is 0 Å². The van der Waals surface area contributed by atoms with Crippen LogP contribution in [0, 0.1) is 0 Å². The van der Waals surface area contributed by atoms with Gasteiger partial charge in [0.1, 0.15) is 0 Å². The summed E-state index contributed by atoms with van der Waals surface area (Å²) in [7, 11) is 1.92. The molecule has 1 aromatic heterocycles. The third kappa shape index (κ3) is 2.66. The van der Waals surface area contributed by atoms with Crippen LogP contribution < -0.4 is 10.2 Å². The van der Waals surface area contributed by atoms with Crippen molar-refractivity contribution in [1.29, 1.82) is 0 Å². The van der Waals surface area contributed by atoms with Gasteiger partial charge in [0, 0.05) is 19.8 Å². The van der Waals surface area contributed by atoms with Gasteiger partial charge in [-0.2, -0.15) is 0 Å². The third-order valence-corrected chi connectivity index (χ3v) is 2.08. The number of thiocarbonyl (C=S) groups is 1. The second-order valence-corrected chi connectivity index (χ2v) is 2.99. The van der Waals surface area contributed by atoms with E-state index in [0.29, 0.717) is 0 Å². The van der Waals surface area contributed by atoms with E-state index < -0.39 is 0 Å². The molecule has 0 aliphatic carbocycles. The van der Waals surface area contributed by atoms with Gasteiger partial charge in [0.15, 0.2) is 5.11 Å². The summed E-state index contributed by atoms with van der Waals surface area (Å²) in [5, 5.41) is 3.79. The number of hydrogen-bond donors (Lipinski definition) is 1. The Balaban J connectivity index is 2.68. The Morgan fingerprint density at radius 1 is 1.69 bits per heavy atom. The van der Waals surface area contributed by atoms with E-state index in [1.54, 1.807) is 12.4 Å². The highest BCUT2D eigenvalue weighted by Crippen LogP contribution is 2.08. The van der Waals surface area contributed by atoms with Crippen LogP contribution in [0.1, 0.15) is 6.92 Å². The summed E-state index contributed by atoms with van der Waals surface area (Å²) in [6, 6.07) is 3.86. The smallest absolute Gasteiger partial charge is 0.173 e. The predicted molar refractivity (Wildman–Crippen MR) is 58.9 cm³/mol. The normalized spacial score (nSPS) is 9.38. The van der Waals surface area contributed by atoms with Crippen molar-refractivity contribution < 1.29 is 0 Å². The van der Waals surface area contributed by atoms with Crippen LogP contribution in [0.2, 0.25) is 0 Å². The number of nitrogens with one attached hydrogen (secondary N) is 1. The molecule has 0 atom stereocenters. The summed E-state index contributed by atoms with van der Waals surface area (Å²) in [5.41, 5.74) is 0.994. The predicted octanol–water partition coefficient (Wildman–Crippen LogP) is 1.41. The van der Waals surface area contributed by atoms with E-state index in [1.165, 1.54) is 0 Å². The van der Waals surface area contributed by atoms with Crippen molar-refractivity contribution >= 4 is 23.0 Å². The molecule has 3 nitrogen and oxygen atoms in total. The largest absolute Gasteiger partial charge is 0.363 e. The van der Waals surface area contributed by atoms with Crippen LogP contribution in [0.25, 0.3) is 0 Å². The Bertz CT molecular complexity index is 273. The van der Waals surface area contributed by atoms with Crippen LogP contribution in [0.5, 0.6) is 0 Å². The number of aromatic nitrogens is 1. The average Bonchev–Trinajstić information content (AvgIpc) is 2.18. The van der Waals surface area contributed by atoms with Crippen molar-refractivity contribution in [1.82, 2.24) is 10.3 Å². The lowest BCUT2D eigenvalue weighted by atomic mass is 10.4. The van der Waals surface area contributed by atoms with E-state index >= 15 is 0 Å². The standard InChI is InChI=1S/C9H13N3S/c1-3-11-9(13)12(2)8-5-4-6-10-7-8/h4-7H,3H2,1-2H3,(H,11,13). The fourth-order valence-corrected chi connectivity index (χ4v) is 1.19. The zero-order valence-electron chi connectivity index (χ0n) is 7.82. The van der Waals surface area contributed by atoms with Crippen LogP contribution in [-0.2, 0) is 0 Å². The highest BCUT2D eigenvalue weighted by Gasteiger charge is 2.04. The van der Waals surface area contributed by atoms with Gasteiger partial charge >= 0.3 is 0 Å². The molecule has 70 valence electrons. The molecule has 0 radical (unpaired) electrons. The maximum Gasteiger partial charge on any atom is 0.173 e. The number of hydrogen-bond acceptors (Lipinski definition) is 2. The summed E-state index contributed by atoms with van der Waals surface area (Å²) >= 11 is 5.14. The average molecular weight is 195 g/mol. The number of rotatable bonds is 2. The molecule has 0 bridgehead atoms. The maximum absolute atomic E-state index is 5.14. The van der Waals surface area contributed by atoms with Crippen LogP contribution in [0.15, 0.2) is 24.5 Å². The molecule has 0 fully saturated rings. The molecule has 1 aromatic rings. The summed E-state index contributed by atoms with van der Waals surface area (Å²) in [4.78, 5) is 5.91. The minimum atomic E-state index is 0.718. The molecule has 0 saturated carbocycles. The molecule has 4 heteroatoms. The highest BCUT2D eigenvalue weighted by atomic mass is 32.1. The lowest BCUT2D eigenvalue weighted by Gasteiger charge is -2.19. The maximum atomic E-state index is 5.14. The fraction of sp³-hybridized carbons (Fsp3) is 0.333. The summed E-state index contributed by atoms with van der Waals surface area (Å²) in [6.07, 6.45) is 3.53. The van der Waals surface area contributed by atoms with E-state index in [9.17, 15) is 0 Å². The van der Waals surface area contributed by atoms with Crippen molar-refractivity contribution in [2.45, 2.75) is 6.92 Å². The Labute approximate surface area is 83.8 Å². The quantitative estimate of drug-likeness (QED) is 0.722. The number of anilines is 1. The minimum absolute atomic E-state index is 0.718. The monoisotopic (exact) mass is 195 g/mol. The summed E-state index contributed by atoms with van der Waals surface area (Å²) in [6.45, 7) is 2.85. The van der Waals surface area contributed by atoms with Crippen molar-refractivity contribution in [2.75, 3.05) is 18.5 Å². The van der Waals surface area contributed by atoms with E-state index in [4.69, 9.17) is 12.2 Å². The van der Waals surface area contributed by atoms with E-state index in [-0.39, 0.29) is 0 Å². The first-order valence-electron chi connectivity index (χ1n) is 4.17. The second kappa shape index (κ2) is 4.77. The lowest BCUT2D eigenvalue weighted by Crippen LogP contribution is -2.36. The Hall–Kier alpha value is -1.16. The van der Waals surface area contributed by atoms with E-state index in [0.717, 1.165) is 17.3 Å². The molecule has 0 spiro atoms. The molecular weight excluding hydrogens is 182 g/mol. The molecule has 1 rings (SSSR count). The molecule has 0 aliphatic rings. The molecule has 0 aromatic carbocycles. The van der Waals surface area contributed by atoms with Crippen LogP contribution in [0.3, 0.4) is 0 Å². The third-order valence-electron chi connectivity index (χ3n) is 1.67. The van der Waals surface area contributed by atoms with Gasteiger partial charge in [0.2, 0.25) is 0 Å². The van der Waals surface area contributed by atoms with Gasteiger partial charge < -0.3 is 10.2 Å². The molecule has 0 aliphatic heterocycles. The molecular formula is C9H13N3S. The topological polar surface area (TPSA) is 28.2 Å². The van der Waals surface area contributed by atoms with Crippen molar-refractivity contribution in [2.24, 2.45) is 0 Å². The molecule has 1 heterocycles. The molecule has 13 heavy (non-hydrogen) atoms. The minimum Gasteiger partial charge on any atom is -0.363 e. The van der Waals surface area contributed by atoms with Gasteiger partial charge in [-0.15, -0.1) is 0 Å². The summed E-state index contributed by atoms with van der Waals surface area (Å²) < 4.78 is 0. The van der Waals surface area contributed by atoms with E-state index in [1.807, 2.05) is 31.0 Å². The van der Waals surface area contributed by atoms with Gasteiger partial charge in [-0.25, -0.2) is 0 Å².